The number of nitrogens with zero attached hydrogens (tertiary/aromatic N) is 1. The summed E-state index contributed by atoms with van der Waals surface area (Å²) in [5, 5.41) is 12.4. The number of aliphatic hydroxyl groups is 1. The number of hydrogen-bond acceptors (Lipinski definition) is 3. The molecule has 1 unspecified atom stereocenters. The molecule has 0 bridgehead atoms. The Kier molecular flexibility index (Phi) is 4.80. The average Bonchev–Trinajstić information content (AvgIpc) is 2.47. The Morgan fingerprint density at radius 3 is 2.62 bits per heavy atom. The van der Waals surface area contributed by atoms with Gasteiger partial charge in [0.15, 0.2) is 0 Å². The van der Waals surface area contributed by atoms with Crippen LogP contribution in [0.1, 0.15) is 31.4 Å². The highest BCUT2D eigenvalue weighted by molar-refractivity contribution is 5.89. The van der Waals surface area contributed by atoms with E-state index in [2.05, 4.69) is 5.32 Å². The van der Waals surface area contributed by atoms with Crippen molar-refractivity contribution in [3.05, 3.63) is 29.8 Å². The number of nitrogens with two attached hydrogens (primary N) is 1. The number of primary amides is 1. The first-order chi connectivity index (χ1) is 9.97. The van der Waals surface area contributed by atoms with E-state index in [0.717, 1.165) is 5.56 Å². The molecule has 2 rings (SSSR count). The molecule has 1 aromatic carbocycles. The zero-order valence-electron chi connectivity index (χ0n) is 12.1. The molecule has 1 heterocycles. The van der Waals surface area contributed by atoms with Gasteiger partial charge in [-0.1, -0.05) is 12.1 Å². The second-order valence-corrected chi connectivity index (χ2v) is 5.40. The highest BCUT2D eigenvalue weighted by Gasteiger charge is 2.25. The summed E-state index contributed by atoms with van der Waals surface area (Å²) in [4.78, 5) is 24.9. The van der Waals surface area contributed by atoms with Gasteiger partial charge < -0.3 is 21.1 Å². The number of hydrogen-bond donors (Lipinski definition) is 3. The molecule has 1 fully saturated rings. The van der Waals surface area contributed by atoms with Gasteiger partial charge in [-0.2, -0.15) is 0 Å². The minimum Gasteiger partial charge on any atom is -0.389 e. The molecule has 0 aliphatic carbocycles. The second kappa shape index (κ2) is 6.58. The zero-order valence-corrected chi connectivity index (χ0v) is 12.1. The number of carbonyl (C=O) groups excluding carboxylic acids is 2. The molecule has 0 spiro atoms. The van der Waals surface area contributed by atoms with Crippen LogP contribution < -0.4 is 11.1 Å². The first kappa shape index (κ1) is 15.3. The minimum atomic E-state index is -0.576. The number of nitrogens with one attached hydrogen (secondary N) is 1. The topological polar surface area (TPSA) is 95.7 Å². The number of benzene rings is 1. The number of rotatable bonds is 3. The quantitative estimate of drug-likeness (QED) is 0.787. The summed E-state index contributed by atoms with van der Waals surface area (Å²) >= 11 is 0. The lowest BCUT2D eigenvalue weighted by Gasteiger charge is -2.30. The van der Waals surface area contributed by atoms with Crippen LogP contribution >= 0.6 is 0 Å². The maximum Gasteiger partial charge on any atom is 0.321 e. The van der Waals surface area contributed by atoms with Crippen LogP contribution in [0, 0.1) is 5.92 Å². The molecule has 6 nitrogen and oxygen atoms in total. The van der Waals surface area contributed by atoms with Gasteiger partial charge in [-0.15, -0.1) is 0 Å². The van der Waals surface area contributed by atoms with Crippen molar-refractivity contribution in [2.24, 2.45) is 11.7 Å². The van der Waals surface area contributed by atoms with E-state index in [1.54, 1.807) is 36.1 Å². The van der Waals surface area contributed by atoms with Gasteiger partial charge in [0.05, 0.1) is 6.10 Å². The van der Waals surface area contributed by atoms with Crippen molar-refractivity contribution >= 4 is 17.6 Å². The van der Waals surface area contributed by atoms with Crippen LogP contribution in [-0.4, -0.2) is 35.0 Å². The SMILES string of the molecule is CC(O)c1cccc(NC(=O)N2CCC(C(N)=O)CC2)c1. The van der Waals surface area contributed by atoms with Gasteiger partial charge in [0.2, 0.25) is 5.91 Å². The highest BCUT2D eigenvalue weighted by Crippen LogP contribution is 2.20. The van der Waals surface area contributed by atoms with Crippen LogP contribution in [-0.2, 0) is 4.79 Å². The summed E-state index contributed by atoms with van der Waals surface area (Å²) in [5.74, 6) is -0.424. The van der Waals surface area contributed by atoms with Crippen LogP contribution in [0.15, 0.2) is 24.3 Å². The normalized spacial score (nSPS) is 17.3. The van der Waals surface area contributed by atoms with Crippen molar-refractivity contribution in [1.29, 1.82) is 0 Å². The summed E-state index contributed by atoms with van der Waals surface area (Å²) in [6, 6.07) is 6.93. The fraction of sp³-hybridized carbons (Fsp3) is 0.467. The van der Waals surface area contributed by atoms with Gasteiger partial charge in [0.25, 0.3) is 0 Å². The fourth-order valence-electron chi connectivity index (χ4n) is 2.45. The summed E-state index contributed by atoms with van der Waals surface area (Å²) in [6.45, 7) is 2.72. The Morgan fingerprint density at radius 1 is 1.38 bits per heavy atom. The number of piperidine rings is 1. The summed E-state index contributed by atoms with van der Waals surface area (Å²) in [7, 11) is 0. The molecule has 4 N–H and O–H groups in total. The molecule has 21 heavy (non-hydrogen) atoms. The smallest absolute Gasteiger partial charge is 0.321 e. The predicted octanol–water partition coefficient (Wildman–Crippen LogP) is 1.47. The summed E-state index contributed by atoms with van der Waals surface area (Å²) in [5.41, 5.74) is 6.67. The number of aliphatic hydroxyl groups excluding tert-OH is 1. The summed E-state index contributed by atoms with van der Waals surface area (Å²) < 4.78 is 0. The van der Waals surface area contributed by atoms with E-state index >= 15 is 0 Å². The van der Waals surface area contributed by atoms with E-state index in [1.807, 2.05) is 0 Å². The van der Waals surface area contributed by atoms with Crippen LogP contribution in [0.2, 0.25) is 0 Å². The van der Waals surface area contributed by atoms with E-state index in [0.29, 0.717) is 31.6 Å². The van der Waals surface area contributed by atoms with Crippen molar-refractivity contribution in [3.63, 3.8) is 0 Å². The van der Waals surface area contributed by atoms with Gasteiger partial charge in [-0.3, -0.25) is 4.79 Å². The lowest BCUT2D eigenvalue weighted by atomic mass is 9.96. The van der Waals surface area contributed by atoms with Crippen LogP contribution in [0.3, 0.4) is 0 Å². The lowest BCUT2D eigenvalue weighted by molar-refractivity contribution is -0.122. The molecule has 6 heteroatoms. The standard InChI is InChI=1S/C15H21N3O3/c1-10(19)12-3-2-4-13(9-12)17-15(21)18-7-5-11(6-8-18)14(16)20/h2-4,9-11,19H,5-8H2,1H3,(H2,16,20)(H,17,21). The van der Waals surface area contributed by atoms with Crippen LogP contribution in [0.25, 0.3) is 0 Å². The van der Waals surface area contributed by atoms with E-state index in [9.17, 15) is 14.7 Å². The molecule has 1 aliphatic heterocycles. The largest absolute Gasteiger partial charge is 0.389 e. The Morgan fingerprint density at radius 2 is 2.05 bits per heavy atom. The first-order valence-electron chi connectivity index (χ1n) is 7.10. The predicted molar refractivity (Wildman–Crippen MR) is 79.6 cm³/mol. The Hall–Kier alpha value is -2.08. The third-order valence-corrected chi connectivity index (χ3v) is 3.80. The number of urea groups is 1. The molecule has 0 aromatic heterocycles. The average molecular weight is 291 g/mol. The lowest BCUT2D eigenvalue weighted by Crippen LogP contribution is -2.43. The van der Waals surface area contributed by atoms with E-state index in [4.69, 9.17) is 5.73 Å². The Labute approximate surface area is 123 Å². The van der Waals surface area contributed by atoms with Crippen molar-refractivity contribution in [2.75, 3.05) is 18.4 Å². The molecular formula is C15H21N3O3. The van der Waals surface area contributed by atoms with Crippen molar-refractivity contribution in [3.8, 4) is 0 Å². The van der Waals surface area contributed by atoms with Crippen LogP contribution in [0.4, 0.5) is 10.5 Å². The molecule has 1 aliphatic rings. The fourth-order valence-corrected chi connectivity index (χ4v) is 2.45. The van der Waals surface area contributed by atoms with E-state index < -0.39 is 6.10 Å². The van der Waals surface area contributed by atoms with Gasteiger partial charge in [0.1, 0.15) is 0 Å². The van der Waals surface area contributed by atoms with Gasteiger partial charge in [0, 0.05) is 24.7 Å². The number of carbonyl (C=O) groups is 2. The van der Waals surface area contributed by atoms with Gasteiger partial charge >= 0.3 is 6.03 Å². The molecular weight excluding hydrogens is 270 g/mol. The molecule has 1 aromatic rings. The van der Waals surface area contributed by atoms with E-state index in [-0.39, 0.29) is 17.9 Å². The second-order valence-electron chi connectivity index (χ2n) is 5.40. The molecule has 0 radical (unpaired) electrons. The maximum atomic E-state index is 12.2. The third kappa shape index (κ3) is 3.95. The van der Waals surface area contributed by atoms with Crippen LogP contribution in [0.5, 0.6) is 0 Å². The Bertz CT molecular complexity index is 523. The third-order valence-electron chi connectivity index (χ3n) is 3.80. The maximum absolute atomic E-state index is 12.2. The zero-order chi connectivity index (χ0) is 15.4. The minimum absolute atomic E-state index is 0.132. The number of amides is 3. The van der Waals surface area contributed by atoms with Gasteiger partial charge in [-0.25, -0.2) is 4.79 Å². The monoisotopic (exact) mass is 291 g/mol. The summed E-state index contributed by atoms with van der Waals surface area (Å²) in [6.07, 6.45) is 0.639. The molecule has 1 atom stereocenters. The molecule has 1 saturated heterocycles. The van der Waals surface area contributed by atoms with Crippen molar-refractivity contribution in [2.45, 2.75) is 25.9 Å². The highest BCUT2D eigenvalue weighted by atomic mass is 16.3. The first-order valence-corrected chi connectivity index (χ1v) is 7.10. The molecule has 0 saturated carbocycles. The Balaban J connectivity index is 1.93. The van der Waals surface area contributed by atoms with E-state index in [1.165, 1.54) is 0 Å². The van der Waals surface area contributed by atoms with Crippen molar-refractivity contribution < 1.29 is 14.7 Å². The molecule has 114 valence electrons. The molecule has 3 amide bonds. The number of anilines is 1. The number of likely N-dealkylation sites (tertiary alicyclic amines) is 1. The van der Waals surface area contributed by atoms with Crippen molar-refractivity contribution in [1.82, 2.24) is 4.90 Å². The van der Waals surface area contributed by atoms with Gasteiger partial charge in [-0.05, 0) is 37.5 Å².